The van der Waals surface area contributed by atoms with Crippen molar-refractivity contribution >= 4 is 67.7 Å². The molecule has 6 aromatic rings. The molecule has 16 nitrogen and oxygen atoms in total. The van der Waals surface area contributed by atoms with Crippen molar-refractivity contribution in [3.8, 4) is 5.75 Å². The van der Waals surface area contributed by atoms with E-state index in [-0.39, 0.29) is 47.8 Å². The number of primary sulfonamides is 1. The van der Waals surface area contributed by atoms with Gasteiger partial charge in [0.25, 0.3) is 0 Å². The van der Waals surface area contributed by atoms with E-state index in [9.17, 15) is 22.8 Å². The number of carbonyl (C=O) groups excluding carboxylic acids is 3. The number of nitrogens with two attached hydrogens (primary N) is 1. The Hall–Kier alpha value is -6.85. The van der Waals surface area contributed by atoms with Gasteiger partial charge in [0.2, 0.25) is 27.8 Å². The van der Waals surface area contributed by atoms with Crippen molar-refractivity contribution in [1.82, 2.24) is 25.1 Å². The average molecular weight is 806 g/mol. The fraction of sp³-hybridized carbons (Fsp3) is 0.220. The second kappa shape index (κ2) is 17.5. The molecule has 3 amide bonds. The van der Waals surface area contributed by atoms with Crippen LogP contribution in [0.4, 0.5) is 33.6 Å². The number of ether oxygens (including phenoxy) is 2. The maximum absolute atomic E-state index is 13.9. The lowest BCUT2D eigenvalue weighted by Gasteiger charge is -2.24. The van der Waals surface area contributed by atoms with E-state index in [2.05, 4.69) is 25.7 Å². The van der Waals surface area contributed by atoms with Crippen LogP contribution < -0.4 is 30.3 Å². The lowest BCUT2D eigenvalue weighted by molar-refractivity contribution is -0.124. The highest BCUT2D eigenvalue weighted by Crippen LogP contribution is 2.31. The molecule has 0 bridgehead atoms. The summed E-state index contributed by atoms with van der Waals surface area (Å²) in [6.45, 7) is 3.72. The molecule has 4 N–H and O–H groups in total. The predicted molar refractivity (Wildman–Crippen MR) is 220 cm³/mol. The molecule has 0 radical (unpaired) electrons. The quantitative estimate of drug-likeness (QED) is 0.118. The number of aromatic nitrogens is 4. The highest BCUT2D eigenvalue weighted by Gasteiger charge is 2.26. The smallest absolute Gasteiger partial charge is 0.421 e. The average Bonchev–Trinajstić information content (AvgIpc) is 3.50. The van der Waals surface area contributed by atoms with E-state index >= 15 is 0 Å². The maximum atomic E-state index is 13.9. The number of nitrogens with one attached hydrogen (secondary N) is 2. The van der Waals surface area contributed by atoms with E-state index in [0.29, 0.717) is 29.2 Å². The molecule has 0 aliphatic heterocycles. The molecule has 17 heteroatoms. The standard InChI is InChI=1S/C41H43N9O7S/c1-26-6-13-32(23-36(26)58(42,54)55)50(40-43-21-20-37(46-40)48(3)31-14-17-34-27(2)49(4)47-35(34)22-31)41(53)57-25-29-7-11-30(12-8-29)45-39(52)19-18-38(51)44-24-28-9-15-33(56-5)16-10-28/h6-17,20-23H,18-19,24-25H2,1-5H3,(H,44,51)(H,45,52)(H2,42,54,55). The van der Waals surface area contributed by atoms with E-state index in [0.717, 1.165) is 38.5 Å². The van der Waals surface area contributed by atoms with Crippen molar-refractivity contribution in [2.24, 2.45) is 12.2 Å². The highest BCUT2D eigenvalue weighted by molar-refractivity contribution is 7.89. The highest BCUT2D eigenvalue weighted by atomic mass is 32.2. The summed E-state index contributed by atoms with van der Waals surface area (Å²) in [6, 6.07) is 25.8. The minimum absolute atomic E-state index is 0.00968. The molecule has 0 aliphatic carbocycles. The van der Waals surface area contributed by atoms with Crippen molar-refractivity contribution in [1.29, 1.82) is 0 Å². The van der Waals surface area contributed by atoms with Gasteiger partial charge >= 0.3 is 6.09 Å². The van der Waals surface area contributed by atoms with Gasteiger partial charge < -0.3 is 25.0 Å². The zero-order chi connectivity index (χ0) is 41.6. The number of sulfonamides is 1. The first-order valence-electron chi connectivity index (χ1n) is 18.1. The third kappa shape index (κ3) is 9.74. The second-order valence-corrected chi connectivity index (χ2v) is 15.0. The van der Waals surface area contributed by atoms with Gasteiger partial charge in [0.05, 0.1) is 23.2 Å². The Morgan fingerprint density at radius 1 is 0.862 bits per heavy atom. The molecule has 2 aromatic heterocycles. The van der Waals surface area contributed by atoms with Crippen LogP contribution in [0.5, 0.6) is 5.75 Å². The molecule has 300 valence electrons. The first-order chi connectivity index (χ1) is 27.7. The van der Waals surface area contributed by atoms with Gasteiger partial charge in [0, 0.05) is 62.1 Å². The van der Waals surface area contributed by atoms with Crippen LogP contribution in [0.1, 0.15) is 35.2 Å². The van der Waals surface area contributed by atoms with Crippen molar-refractivity contribution in [2.45, 2.75) is 44.7 Å². The lowest BCUT2D eigenvalue weighted by atomic mass is 10.2. The van der Waals surface area contributed by atoms with E-state index in [4.69, 9.17) is 14.6 Å². The fourth-order valence-corrected chi connectivity index (χ4v) is 6.81. The van der Waals surface area contributed by atoms with E-state index in [1.54, 1.807) is 62.6 Å². The zero-order valence-corrected chi connectivity index (χ0v) is 33.4. The van der Waals surface area contributed by atoms with Gasteiger partial charge in [-0.3, -0.25) is 14.3 Å². The summed E-state index contributed by atoms with van der Waals surface area (Å²) >= 11 is 0. The number of rotatable bonds is 14. The van der Waals surface area contributed by atoms with Gasteiger partial charge in [-0.05, 0) is 91.2 Å². The largest absolute Gasteiger partial charge is 0.497 e. The van der Waals surface area contributed by atoms with Crippen molar-refractivity contribution in [3.05, 3.63) is 120 Å². The van der Waals surface area contributed by atoms with Crippen LogP contribution in [0.2, 0.25) is 0 Å². The van der Waals surface area contributed by atoms with E-state index < -0.39 is 16.1 Å². The van der Waals surface area contributed by atoms with Gasteiger partial charge in [-0.1, -0.05) is 30.3 Å². The summed E-state index contributed by atoms with van der Waals surface area (Å²) < 4.78 is 37.6. The van der Waals surface area contributed by atoms with Gasteiger partial charge in [0.15, 0.2) is 0 Å². The molecule has 0 atom stereocenters. The molecule has 58 heavy (non-hydrogen) atoms. The summed E-state index contributed by atoms with van der Waals surface area (Å²) in [5.74, 6) is 0.467. The molecule has 0 aliphatic rings. The third-order valence-electron chi connectivity index (χ3n) is 9.42. The monoisotopic (exact) mass is 805 g/mol. The van der Waals surface area contributed by atoms with Gasteiger partial charge in [0.1, 0.15) is 18.2 Å². The summed E-state index contributed by atoms with van der Waals surface area (Å²) in [6.07, 6.45) is 0.579. The van der Waals surface area contributed by atoms with Crippen LogP contribution in [-0.4, -0.2) is 60.2 Å². The number of aryl methyl sites for hydroxylation is 3. The number of nitrogens with zero attached hydrogens (tertiary/aromatic N) is 6. The predicted octanol–water partition coefficient (Wildman–Crippen LogP) is 5.91. The number of methoxy groups -OCH3 is 1. The second-order valence-electron chi connectivity index (χ2n) is 13.4. The van der Waals surface area contributed by atoms with Crippen LogP contribution >= 0.6 is 0 Å². The van der Waals surface area contributed by atoms with Gasteiger partial charge in [-0.25, -0.2) is 28.2 Å². The lowest BCUT2D eigenvalue weighted by Crippen LogP contribution is -2.29. The first kappa shape index (κ1) is 40.8. The van der Waals surface area contributed by atoms with Crippen molar-refractivity contribution in [3.63, 3.8) is 0 Å². The molecule has 0 saturated heterocycles. The number of fused-ring (bicyclic) bond motifs is 1. The fourth-order valence-electron chi connectivity index (χ4n) is 6.01. The third-order valence-corrected chi connectivity index (χ3v) is 10.5. The topological polar surface area (TPSA) is 204 Å². The normalized spacial score (nSPS) is 11.2. The summed E-state index contributed by atoms with van der Waals surface area (Å²) in [5.41, 5.74) is 5.08. The number of hydrogen-bond acceptors (Lipinski definition) is 11. The summed E-state index contributed by atoms with van der Waals surface area (Å²) in [5, 5.41) is 16.7. The minimum atomic E-state index is -4.15. The first-order valence-corrected chi connectivity index (χ1v) is 19.6. The van der Waals surface area contributed by atoms with Crippen LogP contribution in [-0.2, 0) is 44.5 Å². The van der Waals surface area contributed by atoms with Crippen molar-refractivity contribution < 1.29 is 32.3 Å². The Morgan fingerprint density at radius 3 is 2.26 bits per heavy atom. The van der Waals surface area contributed by atoms with Crippen LogP contribution in [0.25, 0.3) is 10.9 Å². The number of carbonyl (C=O) groups is 3. The van der Waals surface area contributed by atoms with Crippen LogP contribution in [0, 0.1) is 13.8 Å². The Balaban J connectivity index is 1.13. The molecule has 4 aromatic carbocycles. The maximum Gasteiger partial charge on any atom is 0.421 e. The Bertz CT molecular complexity index is 2580. The van der Waals surface area contributed by atoms with Crippen molar-refractivity contribution in [2.75, 3.05) is 29.3 Å². The molecular formula is C41H43N9O7S. The summed E-state index contributed by atoms with van der Waals surface area (Å²) in [4.78, 5) is 50.6. The van der Waals surface area contributed by atoms with E-state index in [1.165, 1.54) is 18.3 Å². The van der Waals surface area contributed by atoms with Crippen LogP contribution in [0.3, 0.4) is 0 Å². The zero-order valence-electron chi connectivity index (χ0n) is 32.6. The molecule has 2 heterocycles. The van der Waals surface area contributed by atoms with Gasteiger partial charge in [-0.2, -0.15) is 10.1 Å². The van der Waals surface area contributed by atoms with E-state index in [1.807, 2.05) is 60.9 Å². The molecule has 0 spiro atoms. The number of benzene rings is 4. The minimum Gasteiger partial charge on any atom is -0.497 e. The SMILES string of the molecule is COc1ccc(CNC(=O)CCC(=O)Nc2ccc(COC(=O)N(c3ccc(C)c(S(N)(=O)=O)c3)c3nccc(N(C)c4ccc5c(C)n(C)nc5c4)n3)cc2)cc1. The Kier molecular flexibility index (Phi) is 12.3. The van der Waals surface area contributed by atoms with Gasteiger partial charge in [-0.15, -0.1) is 0 Å². The Morgan fingerprint density at radius 2 is 1.55 bits per heavy atom. The molecule has 0 saturated carbocycles. The molecular weight excluding hydrogens is 763 g/mol. The number of hydrogen-bond donors (Lipinski definition) is 3. The Labute approximate surface area is 335 Å². The number of anilines is 5. The van der Waals surface area contributed by atoms with Crippen LogP contribution in [0.15, 0.2) is 102 Å². The molecule has 0 fully saturated rings. The summed E-state index contributed by atoms with van der Waals surface area (Å²) in [7, 11) is 1.11. The molecule has 6 rings (SSSR count). The number of amides is 3. The molecule has 0 unspecified atom stereocenters.